The van der Waals surface area contributed by atoms with Crippen LogP contribution in [-0.4, -0.2) is 58.9 Å². The van der Waals surface area contributed by atoms with Gasteiger partial charge in [0.1, 0.15) is 6.04 Å². The molecule has 9 nitrogen and oxygen atoms in total. The van der Waals surface area contributed by atoms with E-state index in [0.29, 0.717) is 6.42 Å². The van der Waals surface area contributed by atoms with E-state index in [1.807, 2.05) is 6.92 Å². The Bertz CT molecular complexity index is 954. The van der Waals surface area contributed by atoms with E-state index in [0.717, 1.165) is 5.56 Å². The lowest BCUT2D eigenvalue weighted by atomic mass is 10.1. The topological polar surface area (TPSA) is 136 Å². The lowest BCUT2D eigenvalue weighted by molar-refractivity contribution is -0.151. The molecule has 1 saturated heterocycles. The molecule has 1 heterocycles. The maximum Gasteiger partial charge on any atom is 0.324 e. The number of sulfone groups is 1. The van der Waals surface area contributed by atoms with Crippen LogP contribution in [0.25, 0.3) is 0 Å². The van der Waals surface area contributed by atoms with Crippen LogP contribution in [-0.2, 0) is 34.2 Å². The number of hydrogen-bond acceptors (Lipinski definition) is 7. The molecule has 0 bridgehead atoms. The van der Waals surface area contributed by atoms with Crippen molar-refractivity contribution < 1.29 is 31.2 Å². The Balaban J connectivity index is 1.95. The smallest absolute Gasteiger partial charge is 0.324 e. The number of esters is 1. The van der Waals surface area contributed by atoms with E-state index in [9.17, 15) is 26.4 Å². The molecule has 2 atom stereocenters. The van der Waals surface area contributed by atoms with Gasteiger partial charge in [0.25, 0.3) is 5.91 Å². The molecule has 162 valence electrons. The summed E-state index contributed by atoms with van der Waals surface area (Å²) >= 11 is 0. The lowest BCUT2D eigenvalue weighted by Crippen LogP contribution is -2.46. The molecule has 0 unspecified atom stereocenters. The number of aryl methyl sites for hydroxylation is 1. The van der Waals surface area contributed by atoms with Crippen molar-refractivity contribution in [1.82, 2.24) is 10.0 Å². The Morgan fingerprint density at radius 2 is 1.83 bits per heavy atom. The zero-order valence-corrected chi connectivity index (χ0v) is 18.2. The van der Waals surface area contributed by atoms with Gasteiger partial charge in [-0.15, -0.1) is 0 Å². The molecule has 1 aliphatic heterocycles. The molecule has 0 spiro atoms. The zero-order chi connectivity index (χ0) is 21.8. The molecule has 1 fully saturated rings. The quantitative estimate of drug-likeness (QED) is 0.542. The fraction of sp³-hybridized carbons (Fsp3) is 0.556. The van der Waals surface area contributed by atoms with Crippen LogP contribution in [0.2, 0.25) is 0 Å². The average Bonchev–Trinajstić information content (AvgIpc) is 2.96. The van der Waals surface area contributed by atoms with Gasteiger partial charge in [0, 0.05) is 6.04 Å². The van der Waals surface area contributed by atoms with Crippen LogP contribution in [0.5, 0.6) is 0 Å². The average molecular weight is 447 g/mol. The van der Waals surface area contributed by atoms with Crippen molar-refractivity contribution in [2.24, 2.45) is 5.92 Å². The number of benzene rings is 1. The molecule has 0 radical (unpaired) electrons. The minimum atomic E-state index is -3.95. The Hall–Kier alpha value is -1.98. The third-order valence-corrected chi connectivity index (χ3v) is 7.70. The van der Waals surface area contributed by atoms with Crippen molar-refractivity contribution >= 4 is 31.7 Å². The summed E-state index contributed by atoms with van der Waals surface area (Å²) in [5.41, 5.74) is 0.893. The minimum Gasteiger partial charge on any atom is -0.454 e. The number of amides is 1. The molecule has 0 saturated carbocycles. The van der Waals surface area contributed by atoms with Crippen LogP contribution in [0, 0.1) is 12.8 Å². The third-order valence-electron chi connectivity index (χ3n) is 4.48. The second kappa shape index (κ2) is 9.23. The highest BCUT2D eigenvalue weighted by Crippen LogP contribution is 2.14. The molecule has 1 amide bonds. The van der Waals surface area contributed by atoms with E-state index in [4.69, 9.17) is 4.74 Å². The van der Waals surface area contributed by atoms with Gasteiger partial charge in [-0.2, -0.15) is 4.72 Å². The molecule has 29 heavy (non-hydrogen) atoms. The monoisotopic (exact) mass is 446 g/mol. The van der Waals surface area contributed by atoms with Crippen molar-refractivity contribution in [2.45, 2.75) is 44.2 Å². The van der Waals surface area contributed by atoms with E-state index < -0.39 is 56.3 Å². The van der Waals surface area contributed by atoms with Gasteiger partial charge in [-0.25, -0.2) is 16.8 Å². The maximum absolute atomic E-state index is 12.5. The van der Waals surface area contributed by atoms with Gasteiger partial charge in [0.05, 0.1) is 16.4 Å². The molecule has 1 aliphatic rings. The molecule has 11 heteroatoms. The predicted molar refractivity (Wildman–Crippen MR) is 106 cm³/mol. The molecule has 2 N–H and O–H groups in total. The van der Waals surface area contributed by atoms with Gasteiger partial charge < -0.3 is 10.1 Å². The first-order valence-corrected chi connectivity index (χ1v) is 12.5. The summed E-state index contributed by atoms with van der Waals surface area (Å²) < 4.78 is 55.2. The molecule has 0 aliphatic carbocycles. The summed E-state index contributed by atoms with van der Waals surface area (Å²) in [6.45, 7) is 4.50. The van der Waals surface area contributed by atoms with Crippen molar-refractivity contribution in [2.75, 3.05) is 18.1 Å². The van der Waals surface area contributed by atoms with Crippen LogP contribution in [0.4, 0.5) is 0 Å². The normalized spacial score (nSPS) is 19.7. The lowest BCUT2D eigenvalue weighted by Gasteiger charge is -2.21. The van der Waals surface area contributed by atoms with E-state index in [2.05, 4.69) is 10.0 Å². The summed E-state index contributed by atoms with van der Waals surface area (Å²) in [6, 6.07) is 4.47. The van der Waals surface area contributed by atoms with E-state index in [-0.39, 0.29) is 16.4 Å². The summed E-state index contributed by atoms with van der Waals surface area (Å²) in [4.78, 5) is 24.3. The zero-order valence-electron chi connectivity index (χ0n) is 16.5. The summed E-state index contributed by atoms with van der Waals surface area (Å²) in [5.74, 6) is -2.08. The van der Waals surface area contributed by atoms with Crippen LogP contribution < -0.4 is 10.0 Å². The fourth-order valence-electron chi connectivity index (χ4n) is 2.81. The Labute approximate surface area is 171 Å². The number of ether oxygens (including phenoxy) is 1. The van der Waals surface area contributed by atoms with Crippen molar-refractivity contribution in [1.29, 1.82) is 0 Å². The summed E-state index contributed by atoms with van der Waals surface area (Å²) in [7, 11) is -7.10. The van der Waals surface area contributed by atoms with Crippen molar-refractivity contribution in [3.8, 4) is 0 Å². The highest BCUT2D eigenvalue weighted by atomic mass is 32.2. The Morgan fingerprint density at radius 1 is 1.21 bits per heavy atom. The number of nitrogens with one attached hydrogen (secondary N) is 2. The number of carbonyl (C=O) groups is 2. The molecule has 1 aromatic rings. The van der Waals surface area contributed by atoms with E-state index in [1.165, 1.54) is 12.1 Å². The second-order valence-electron chi connectivity index (χ2n) is 7.43. The highest BCUT2D eigenvalue weighted by molar-refractivity contribution is 7.91. The second-order valence-corrected chi connectivity index (χ2v) is 11.4. The molecule has 2 rings (SSSR count). The third kappa shape index (κ3) is 6.79. The first kappa shape index (κ1) is 23.3. The van der Waals surface area contributed by atoms with Gasteiger partial charge in [-0.05, 0) is 31.4 Å². The fourth-order valence-corrected chi connectivity index (χ4v) is 5.82. The van der Waals surface area contributed by atoms with E-state index >= 15 is 0 Å². The van der Waals surface area contributed by atoms with Gasteiger partial charge >= 0.3 is 5.97 Å². The van der Waals surface area contributed by atoms with E-state index in [1.54, 1.807) is 26.0 Å². The first-order valence-electron chi connectivity index (χ1n) is 9.15. The Morgan fingerprint density at radius 3 is 2.34 bits per heavy atom. The van der Waals surface area contributed by atoms with Gasteiger partial charge in [0.2, 0.25) is 10.0 Å². The minimum absolute atomic E-state index is 0.00788. The predicted octanol–water partition coefficient (Wildman–Crippen LogP) is 0.144. The standard InChI is InChI=1S/C18H26N2O7S2/c1-12(2)17(20-29(25,26)15-6-4-13(3)5-7-15)18(22)27-10-16(21)19-14-8-9-28(23,24)11-14/h4-7,12,14,17,20H,8-11H2,1-3H3,(H,19,21)/t14-,17+/m1/s1. The van der Waals surface area contributed by atoms with Gasteiger partial charge in [-0.1, -0.05) is 31.5 Å². The molecule has 0 aromatic heterocycles. The van der Waals surface area contributed by atoms with Crippen molar-refractivity contribution in [3.63, 3.8) is 0 Å². The number of hydrogen-bond donors (Lipinski definition) is 2. The van der Waals surface area contributed by atoms with Crippen LogP contribution in [0.15, 0.2) is 29.2 Å². The largest absolute Gasteiger partial charge is 0.454 e. The van der Waals surface area contributed by atoms with Crippen LogP contribution in [0.1, 0.15) is 25.8 Å². The SMILES string of the molecule is Cc1ccc(S(=O)(=O)N[C@H](C(=O)OCC(=O)N[C@@H]2CCS(=O)(=O)C2)C(C)C)cc1. The number of sulfonamides is 1. The number of carbonyl (C=O) groups excluding carboxylic acids is 2. The molecular formula is C18H26N2O7S2. The molecular weight excluding hydrogens is 420 g/mol. The summed E-state index contributed by atoms with van der Waals surface area (Å²) in [5, 5.41) is 2.50. The molecule has 1 aromatic carbocycles. The maximum atomic E-state index is 12.5. The van der Waals surface area contributed by atoms with Crippen LogP contribution >= 0.6 is 0 Å². The van der Waals surface area contributed by atoms with Gasteiger partial charge in [-0.3, -0.25) is 9.59 Å². The summed E-state index contributed by atoms with van der Waals surface area (Å²) in [6.07, 6.45) is 0.312. The number of rotatable bonds is 8. The van der Waals surface area contributed by atoms with Crippen LogP contribution in [0.3, 0.4) is 0 Å². The first-order chi connectivity index (χ1) is 13.4. The van der Waals surface area contributed by atoms with Gasteiger partial charge in [0.15, 0.2) is 16.4 Å². The highest BCUT2D eigenvalue weighted by Gasteiger charge is 2.31. The Kier molecular flexibility index (Phi) is 7.41. The van der Waals surface area contributed by atoms with Crippen molar-refractivity contribution in [3.05, 3.63) is 29.8 Å².